The number of anilines is 1. The van der Waals surface area contributed by atoms with Gasteiger partial charge in [-0.15, -0.1) is 11.3 Å². The van der Waals surface area contributed by atoms with Gasteiger partial charge in [0, 0.05) is 0 Å². The zero-order valence-electron chi connectivity index (χ0n) is 15.2. The second-order valence-corrected chi connectivity index (χ2v) is 8.89. The Labute approximate surface area is 175 Å². The first-order chi connectivity index (χ1) is 14.5. The summed E-state index contributed by atoms with van der Waals surface area (Å²) < 4.78 is 38.0. The molecule has 2 amide bonds. The lowest BCUT2D eigenvalue weighted by atomic mass is 10.1. The molecule has 0 aliphatic carbocycles. The standard InChI is InChI=1S/C19H15N3O6S2/c23-18(20-21-19(24)13-6-3-8-15-17(13)28-11-27-15)12-5-1-2-7-14(12)22-30(25,26)16-9-4-10-29-16/h1-10,22H,11H2,(H,20,23)(H,21,24). The lowest BCUT2D eigenvalue weighted by Crippen LogP contribution is -2.42. The largest absolute Gasteiger partial charge is 0.454 e. The van der Waals surface area contributed by atoms with Crippen LogP contribution < -0.4 is 25.0 Å². The maximum absolute atomic E-state index is 12.6. The molecule has 0 atom stereocenters. The van der Waals surface area contributed by atoms with Crippen LogP contribution in [0.15, 0.2) is 64.2 Å². The van der Waals surface area contributed by atoms with Gasteiger partial charge in [-0.25, -0.2) is 8.42 Å². The summed E-state index contributed by atoms with van der Waals surface area (Å²) in [4.78, 5) is 25.0. The van der Waals surface area contributed by atoms with Crippen LogP contribution in [0.1, 0.15) is 20.7 Å². The Morgan fingerprint density at radius 1 is 0.867 bits per heavy atom. The third-order valence-electron chi connectivity index (χ3n) is 4.11. The highest BCUT2D eigenvalue weighted by Gasteiger charge is 2.23. The number of hydrogen-bond donors (Lipinski definition) is 3. The van der Waals surface area contributed by atoms with E-state index in [1.807, 2.05) is 0 Å². The van der Waals surface area contributed by atoms with Crippen molar-refractivity contribution in [2.24, 2.45) is 0 Å². The van der Waals surface area contributed by atoms with E-state index in [9.17, 15) is 18.0 Å². The van der Waals surface area contributed by atoms with Crippen molar-refractivity contribution in [1.82, 2.24) is 10.9 Å². The van der Waals surface area contributed by atoms with Gasteiger partial charge in [0.2, 0.25) is 6.79 Å². The zero-order valence-corrected chi connectivity index (χ0v) is 16.9. The lowest BCUT2D eigenvalue weighted by Gasteiger charge is -2.13. The summed E-state index contributed by atoms with van der Waals surface area (Å²) in [5.74, 6) is -0.587. The van der Waals surface area contributed by atoms with Crippen molar-refractivity contribution in [2.75, 3.05) is 11.5 Å². The van der Waals surface area contributed by atoms with Gasteiger partial charge in [0.1, 0.15) is 4.21 Å². The average molecular weight is 445 g/mol. The average Bonchev–Trinajstić information content (AvgIpc) is 3.43. The van der Waals surface area contributed by atoms with Gasteiger partial charge in [-0.3, -0.25) is 25.2 Å². The molecule has 9 nitrogen and oxygen atoms in total. The molecule has 1 aromatic heterocycles. The van der Waals surface area contributed by atoms with E-state index in [0.717, 1.165) is 11.3 Å². The molecule has 154 valence electrons. The van der Waals surface area contributed by atoms with Gasteiger partial charge in [-0.1, -0.05) is 24.3 Å². The second kappa shape index (κ2) is 8.05. The van der Waals surface area contributed by atoms with E-state index in [1.165, 1.54) is 24.3 Å². The van der Waals surface area contributed by atoms with Crippen LogP contribution in [0.3, 0.4) is 0 Å². The number of thiophene rings is 1. The molecule has 1 aliphatic rings. The molecule has 3 N–H and O–H groups in total. The second-order valence-electron chi connectivity index (χ2n) is 6.03. The molecular formula is C19H15N3O6S2. The Morgan fingerprint density at radius 3 is 2.37 bits per heavy atom. The number of nitrogens with one attached hydrogen (secondary N) is 3. The lowest BCUT2D eigenvalue weighted by molar-refractivity contribution is 0.0844. The molecule has 0 unspecified atom stereocenters. The number of carbonyl (C=O) groups is 2. The molecule has 0 saturated heterocycles. The smallest absolute Gasteiger partial charge is 0.273 e. The molecule has 1 aliphatic heterocycles. The number of sulfonamides is 1. The highest BCUT2D eigenvalue weighted by Crippen LogP contribution is 2.35. The predicted molar refractivity (Wildman–Crippen MR) is 109 cm³/mol. The molecule has 11 heteroatoms. The summed E-state index contributed by atoms with van der Waals surface area (Å²) in [6.45, 7) is 0.00371. The predicted octanol–water partition coefficient (Wildman–Crippen LogP) is 2.35. The number of hydrogen-bond acceptors (Lipinski definition) is 7. The summed E-state index contributed by atoms with van der Waals surface area (Å²) in [6, 6.07) is 13.9. The van der Waals surface area contributed by atoms with E-state index in [-0.39, 0.29) is 33.6 Å². The van der Waals surface area contributed by atoms with Crippen LogP contribution in [0, 0.1) is 0 Å². The number of carbonyl (C=O) groups excluding carboxylic acids is 2. The highest BCUT2D eigenvalue weighted by atomic mass is 32.2. The highest BCUT2D eigenvalue weighted by molar-refractivity contribution is 7.94. The minimum atomic E-state index is -3.84. The summed E-state index contributed by atoms with van der Waals surface area (Å²) in [5.41, 5.74) is 4.89. The fourth-order valence-electron chi connectivity index (χ4n) is 2.74. The molecule has 0 spiro atoms. The summed E-state index contributed by atoms with van der Waals surface area (Å²) in [7, 11) is -3.84. The number of hydrazine groups is 1. The van der Waals surface area contributed by atoms with Gasteiger partial charge in [0.15, 0.2) is 11.5 Å². The van der Waals surface area contributed by atoms with Gasteiger partial charge >= 0.3 is 0 Å². The quantitative estimate of drug-likeness (QED) is 0.518. The van der Waals surface area contributed by atoms with Crippen LogP contribution in [0.2, 0.25) is 0 Å². The van der Waals surface area contributed by atoms with E-state index < -0.39 is 21.8 Å². The maximum Gasteiger partial charge on any atom is 0.273 e. The molecule has 4 rings (SSSR count). The summed E-state index contributed by atoms with van der Waals surface area (Å²) in [6.07, 6.45) is 0. The van der Waals surface area contributed by atoms with Crippen molar-refractivity contribution in [3.63, 3.8) is 0 Å². The van der Waals surface area contributed by atoms with E-state index in [2.05, 4.69) is 15.6 Å². The molecule has 0 radical (unpaired) electrons. The minimum absolute atomic E-state index is 0.00371. The van der Waals surface area contributed by atoms with Crippen molar-refractivity contribution in [2.45, 2.75) is 4.21 Å². The van der Waals surface area contributed by atoms with Crippen LogP contribution in [0.25, 0.3) is 0 Å². The van der Waals surface area contributed by atoms with Crippen LogP contribution in [0.5, 0.6) is 11.5 Å². The SMILES string of the molecule is O=C(NNC(=O)c1cccc2c1OCO2)c1ccccc1NS(=O)(=O)c1cccs1. The van der Waals surface area contributed by atoms with E-state index in [1.54, 1.807) is 35.7 Å². The monoisotopic (exact) mass is 445 g/mol. The fourth-order valence-corrected chi connectivity index (χ4v) is 4.81. The van der Waals surface area contributed by atoms with Crippen molar-refractivity contribution >= 4 is 38.9 Å². The molecule has 2 heterocycles. The molecule has 0 bridgehead atoms. The third-order valence-corrected chi connectivity index (χ3v) is 6.87. The molecular weight excluding hydrogens is 430 g/mol. The molecule has 0 fully saturated rings. The first-order valence-corrected chi connectivity index (χ1v) is 11.0. The van der Waals surface area contributed by atoms with E-state index in [4.69, 9.17) is 9.47 Å². The van der Waals surface area contributed by atoms with Crippen molar-refractivity contribution in [3.05, 3.63) is 71.1 Å². The van der Waals surface area contributed by atoms with Gasteiger partial charge in [-0.2, -0.15) is 0 Å². The number of ether oxygens (including phenoxy) is 2. The zero-order chi connectivity index (χ0) is 21.1. The van der Waals surface area contributed by atoms with E-state index in [0.29, 0.717) is 5.75 Å². The Kier molecular flexibility index (Phi) is 5.29. The third kappa shape index (κ3) is 3.93. The number of para-hydroxylation sites is 2. The first-order valence-electron chi connectivity index (χ1n) is 8.60. The number of benzene rings is 2. The van der Waals surface area contributed by atoms with Gasteiger partial charge in [0.25, 0.3) is 21.8 Å². The molecule has 30 heavy (non-hydrogen) atoms. The Hall–Kier alpha value is -3.57. The molecule has 2 aromatic carbocycles. The Balaban J connectivity index is 1.48. The van der Waals surface area contributed by atoms with Crippen molar-refractivity contribution in [3.8, 4) is 11.5 Å². The summed E-state index contributed by atoms with van der Waals surface area (Å²) in [5, 5.41) is 1.64. The number of fused-ring (bicyclic) bond motifs is 1. The Morgan fingerprint density at radius 2 is 1.60 bits per heavy atom. The van der Waals surface area contributed by atoms with Crippen molar-refractivity contribution < 1.29 is 27.5 Å². The normalized spacial score (nSPS) is 12.3. The number of amides is 2. The topological polar surface area (TPSA) is 123 Å². The van der Waals surface area contributed by atoms with Gasteiger partial charge in [-0.05, 0) is 35.7 Å². The van der Waals surface area contributed by atoms with Crippen molar-refractivity contribution in [1.29, 1.82) is 0 Å². The Bertz CT molecular complexity index is 1210. The summed E-state index contributed by atoms with van der Waals surface area (Å²) >= 11 is 1.05. The maximum atomic E-state index is 12.6. The molecule has 3 aromatic rings. The van der Waals surface area contributed by atoms with Crippen LogP contribution in [0.4, 0.5) is 5.69 Å². The van der Waals surface area contributed by atoms with Gasteiger partial charge in [0.05, 0.1) is 16.8 Å². The fraction of sp³-hybridized carbons (Fsp3) is 0.0526. The van der Waals surface area contributed by atoms with Gasteiger partial charge < -0.3 is 9.47 Å². The van der Waals surface area contributed by atoms with E-state index >= 15 is 0 Å². The van der Waals surface area contributed by atoms with Crippen LogP contribution in [-0.4, -0.2) is 27.0 Å². The molecule has 0 saturated carbocycles. The van der Waals surface area contributed by atoms with Crippen LogP contribution in [-0.2, 0) is 10.0 Å². The number of rotatable bonds is 5. The minimum Gasteiger partial charge on any atom is -0.454 e. The van der Waals surface area contributed by atoms with Crippen LogP contribution >= 0.6 is 11.3 Å². The first kappa shape index (κ1) is 19.7.